The fraction of sp³-hybridized carbons (Fsp3) is 0.364. The number of nitrogens with one attached hydrogen (secondary N) is 2. The van der Waals surface area contributed by atoms with Gasteiger partial charge >= 0.3 is 0 Å². The Bertz CT molecular complexity index is 934. The van der Waals surface area contributed by atoms with E-state index >= 15 is 0 Å². The van der Waals surface area contributed by atoms with Crippen LogP contribution in [0.25, 0.3) is 0 Å². The van der Waals surface area contributed by atoms with Crippen LogP contribution in [0.4, 0.5) is 5.69 Å². The first-order valence-electron chi connectivity index (χ1n) is 10.1. The van der Waals surface area contributed by atoms with Gasteiger partial charge in [-0.25, -0.2) is 0 Å². The molecule has 2 aromatic rings. The second-order valence-electron chi connectivity index (χ2n) is 7.68. The molecule has 0 unspecified atom stereocenters. The molecule has 0 radical (unpaired) electrons. The van der Waals surface area contributed by atoms with Gasteiger partial charge in [-0.1, -0.05) is 41.4 Å². The minimum Gasteiger partial charge on any atom is -0.351 e. The van der Waals surface area contributed by atoms with Gasteiger partial charge in [0.25, 0.3) is 5.91 Å². The molecule has 2 aromatic carbocycles. The predicted octanol–water partition coefficient (Wildman–Crippen LogP) is 3.57. The van der Waals surface area contributed by atoms with Crippen molar-refractivity contribution >= 4 is 53.1 Å². The SMILES string of the molecule is Cl.O=C(NCCN1CCC2(CC1)C(=O)NCN2c1ccccc1)c1cc(Cl)ccc1Cl. The number of carbonyl (C=O) groups is 2. The van der Waals surface area contributed by atoms with E-state index in [0.717, 1.165) is 31.6 Å². The first-order chi connectivity index (χ1) is 14.5. The molecule has 2 aliphatic rings. The lowest BCUT2D eigenvalue weighted by molar-refractivity contribution is -0.125. The molecular formula is C22H25Cl3N4O2. The number of amides is 2. The number of halogens is 3. The van der Waals surface area contributed by atoms with Gasteiger partial charge in [0.05, 0.1) is 17.3 Å². The smallest absolute Gasteiger partial charge is 0.252 e. The van der Waals surface area contributed by atoms with Gasteiger partial charge in [-0.15, -0.1) is 12.4 Å². The van der Waals surface area contributed by atoms with E-state index < -0.39 is 5.54 Å². The van der Waals surface area contributed by atoms with Gasteiger partial charge in [0.1, 0.15) is 5.54 Å². The summed E-state index contributed by atoms with van der Waals surface area (Å²) in [5.41, 5.74) is 0.952. The summed E-state index contributed by atoms with van der Waals surface area (Å²) in [7, 11) is 0. The number of likely N-dealkylation sites (tertiary alicyclic amines) is 1. The summed E-state index contributed by atoms with van der Waals surface area (Å²) < 4.78 is 0. The second kappa shape index (κ2) is 10.1. The van der Waals surface area contributed by atoms with Gasteiger partial charge in [0.2, 0.25) is 5.91 Å². The van der Waals surface area contributed by atoms with Crippen molar-refractivity contribution in [2.24, 2.45) is 0 Å². The lowest BCUT2D eigenvalue weighted by Crippen LogP contribution is -2.57. The maximum Gasteiger partial charge on any atom is 0.252 e. The Morgan fingerprint density at radius 2 is 1.81 bits per heavy atom. The summed E-state index contributed by atoms with van der Waals surface area (Å²) in [6.45, 7) is 3.35. The van der Waals surface area contributed by atoms with Crippen molar-refractivity contribution in [3.63, 3.8) is 0 Å². The third-order valence-corrected chi connectivity index (χ3v) is 6.54. The number of benzene rings is 2. The first kappa shape index (κ1) is 23.7. The van der Waals surface area contributed by atoms with Gasteiger partial charge in [-0.3, -0.25) is 9.59 Å². The third kappa shape index (κ3) is 4.93. The molecular weight excluding hydrogens is 459 g/mol. The van der Waals surface area contributed by atoms with Crippen LogP contribution < -0.4 is 15.5 Å². The van der Waals surface area contributed by atoms with Gasteiger partial charge in [0, 0.05) is 36.9 Å². The maximum atomic E-state index is 12.7. The monoisotopic (exact) mass is 482 g/mol. The van der Waals surface area contributed by atoms with E-state index in [1.54, 1.807) is 18.2 Å². The lowest BCUT2D eigenvalue weighted by atomic mass is 9.85. The minimum absolute atomic E-state index is 0. The fourth-order valence-electron chi connectivity index (χ4n) is 4.27. The summed E-state index contributed by atoms with van der Waals surface area (Å²) in [6, 6.07) is 14.9. The number of para-hydroxylation sites is 1. The van der Waals surface area contributed by atoms with Crippen LogP contribution in [0, 0.1) is 0 Å². The number of nitrogens with zero attached hydrogens (tertiary/aromatic N) is 2. The third-order valence-electron chi connectivity index (χ3n) is 5.97. The number of piperidine rings is 1. The molecule has 2 N–H and O–H groups in total. The van der Waals surface area contributed by atoms with Crippen LogP contribution in [0.3, 0.4) is 0 Å². The van der Waals surface area contributed by atoms with Crippen LogP contribution >= 0.6 is 35.6 Å². The zero-order valence-electron chi connectivity index (χ0n) is 16.9. The fourth-order valence-corrected chi connectivity index (χ4v) is 4.65. The number of carbonyl (C=O) groups excluding carboxylic acids is 2. The maximum absolute atomic E-state index is 12.7. The van der Waals surface area contributed by atoms with E-state index in [1.165, 1.54) is 0 Å². The van der Waals surface area contributed by atoms with Crippen LogP contribution in [0.15, 0.2) is 48.5 Å². The Morgan fingerprint density at radius 1 is 1.10 bits per heavy atom. The van der Waals surface area contributed by atoms with Crippen molar-refractivity contribution < 1.29 is 9.59 Å². The topological polar surface area (TPSA) is 64.7 Å². The molecule has 2 saturated heterocycles. The van der Waals surface area contributed by atoms with Crippen LogP contribution in [-0.4, -0.2) is 55.1 Å². The van der Waals surface area contributed by atoms with Crippen LogP contribution in [0.1, 0.15) is 23.2 Å². The van der Waals surface area contributed by atoms with Gasteiger partial charge in [-0.05, 0) is 43.2 Å². The van der Waals surface area contributed by atoms with E-state index in [-0.39, 0.29) is 24.2 Å². The van der Waals surface area contributed by atoms with Crippen molar-refractivity contribution in [1.29, 1.82) is 0 Å². The average Bonchev–Trinajstić information content (AvgIpc) is 3.07. The first-order valence-corrected chi connectivity index (χ1v) is 10.8. The van der Waals surface area contributed by atoms with Crippen molar-refractivity contribution in [2.45, 2.75) is 18.4 Å². The Morgan fingerprint density at radius 3 is 2.52 bits per heavy atom. The Kier molecular flexibility index (Phi) is 7.70. The number of hydrogen-bond donors (Lipinski definition) is 2. The Labute approximate surface area is 198 Å². The van der Waals surface area contributed by atoms with Crippen molar-refractivity contribution in [3.05, 3.63) is 64.1 Å². The van der Waals surface area contributed by atoms with Gasteiger partial charge in [-0.2, -0.15) is 0 Å². The number of rotatable bonds is 5. The molecule has 2 amide bonds. The van der Waals surface area contributed by atoms with Gasteiger partial charge < -0.3 is 20.4 Å². The summed E-state index contributed by atoms with van der Waals surface area (Å²) in [4.78, 5) is 29.6. The minimum atomic E-state index is -0.491. The highest BCUT2D eigenvalue weighted by molar-refractivity contribution is 6.35. The molecule has 2 fully saturated rings. The summed E-state index contributed by atoms with van der Waals surface area (Å²) in [5, 5.41) is 6.78. The highest BCUT2D eigenvalue weighted by Crippen LogP contribution is 2.36. The van der Waals surface area contributed by atoms with Gasteiger partial charge in [0.15, 0.2) is 0 Å². The van der Waals surface area contributed by atoms with E-state index in [2.05, 4.69) is 20.4 Å². The molecule has 0 atom stereocenters. The average molecular weight is 484 g/mol. The van der Waals surface area contributed by atoms with Crippen molar-refractivity contribution in [3.8, 4) is 0 Å². The number of anilines is 1. The van der Waals surface area contributed by atoms with Crippen molar-refractivity contribution in [1.82, 2.24) is 15.5 Å². The van der Waals surface area contributed by atoms with E-state index in [1.807, 2.05) is 30.3 Å². The molecule has 0 saturated carbocycles. The Hall–Kier alpha value is -1.99. The quantitative estimate of drug-likeness (QED) is 0.682. The lowest BCUT2D eigenvalue weighted by Gasteiger charge is -2.43. The van der Waals surface area contributed by atoms with Crippen LogP contribution in [0.2, 0.25) is 10.0 Å². The molecule has 9 heteroatoms. The molecule has 31 heavy (non-hydrogen) atoms. The zero-order chi connectivity index (χ0) is 21.1. The largest absolute Gasteiger partial charge is 0.351 e. The summed E-state index contributed by atoms with van der Waals surface area (Å²) in [6.07, 6.45) is 1.50. The molecule has 1 spiro atoms. The Balaban J connectivity index is 0.00000272. The molecule has 2 aliphatic heterocycles. The molecule has 166 valence electrons. The van der Waals surface area contributed by atoms with Crippen LogP contribution in [0.5, 0.6) is 0 Å². The molecule has 0 aromatic heterocycles. The second-order valence-corrected chi connectivity index (χ2v) is 8.52. The molecule has 0 bridgehead atoms. The highest BCUT2D eigenvalue weighted by atomic mass is 35.5. The van der Waals surface area contributed by atoms with E-state index in [4.69, 9.17) is 23.2 Å². The molecule has 0 aliphatic carbocycles. The molecule has 2 heterocycles. The van der Waals surface area contributed by atoms with E-state index in [9.17, 15) is 9.59 Å². The highest BCUT2D eigenvalue weighted by Gasteiger charge is 2.50. The molecule has 6 nitrogen and oxygen atoms in total. The normalized spacial score (nSPS) is 17.9. The molecule has 4 rings (SSSR count). The number of hydrogen-bond acceptors (Lipinski definition) is 4. The van der Waals surface area contributed by atoms with Crippen LogP contribution in [-0.2, 0) is 4.79 Å². The standard InChI is InChI=1S/C22H24Cl2N4O2.ClH/c23-16-6-7-19(24)18(14-16)20(29)25-10-13-27-11-8-22(9-12-27)21(30)26-15-28(22)17-4-2-1-3-5-17;/h1-7,14H,8-13,15H2,(H,25,29)(H,26,30);1H. The van der Waals surface area contributed by atoms with Crippen molar-refractivity contribution in [2.75, 3.05) is 37.7 Å². The summed E-state index contributed by atoms with van der Waals surface area (Å²) >= 11 is 12.1. The predicted molar refractivity (Wildman–Crippen MR) is 126 cm³/mol. The van der Waals surface area contributed by atoms with E-state index in [0.29, 0.717) is 35.4 Å². The zero-order valence-corrected chi connectivity index (χ0v) is 19.3. The summed E-state index contributed by atoms with van der Waals surface area (Å²) in [5.74, 6) is -0.128.